The Morgan fingerprint density at radius 2 is 0.898 bits per heavy atom. The summed E-state index contributed by atoms with van der Waals surface area (Å²) in [5.41, 5.74) is 11.5. The zero-order chi connectivity index (χ0) is 32.3. The Bertz CT molecular complexity index is 2830. The summed E-state index contributed by atoms with van der Waals surface area (Å²) in [6.45, 7) is 0. The molecular formula is C46H29NO2. The maximum atomic E-state index is 6.33. The lowest BCUT2D eigenvalue weighted by Crippen LogP contribution is -2.10. The molecule has 0 aliphatic rings. The van der Waals surface area contributed by atoms with Gasteiger partial charge in [0.05, 0.1) is 0 Å². The third kappa shape index (κ3) is 4.59. The molecule has 0 radical (unpaired) electrons. The summed E-state index contributed by atoms with van der Waals surface area (Å²) in [5, 5.41) is 6.96. The Labute approximate surface area is 282 Å². The average molecular weight is 628 g/mol. The molecule has 0 atom stereocenters. The smallest absolute Gasteiger partial charge is 0.137 e. The van der Waals surface area contributed by atoms with Gasteiger partial charge in [0, 0.05) is 44.7 Å². The standard InChI is InChI=1S/C46H29NO2/c1-2-9-30(10-3-1)32-11-8-12-36(28-32)47(37-23-25-40-39-13-4-6-15-42(39)49-45(40)29-37)35-21-17-31(18-22-35)33-19-24-38-34(27-33)20-26-44-46(38)41-14-5-7-16-43(41)48-44/h1-29H. The average Bonchev–Trinajstić information content (AvgIpc) is 3.74. The van der Waals surface area contributed by atoms with Gasteiger partial charge in [-0.2, -0.15) is 0 Å². The summed E-state index contributed by atoms with van der Waals surface area (Å²) in [6.07, 6.45) is 0. The zero-order valence-corrected chi connectivity index (χ0v) is 26.5. The van der Waals surface area contributed by atoms with E-state index in [2.05, 4.69) is 157 Å². The van der Waals surface area contributed by atoms with Crippen LogP contribution in [-0.4, -0.2) is 0 Å². The Balaban J connectivity index is 1.08. The van der Waals surface area contributed by atoms with Crippen molar-refractivity contribution in [2.75, 3.05) is 4.90 Å². The summed E-state index contributed by atoms with van der Waals surface area (Å²) in [6, 6.07) is 62.1. The number of furan rings is 2. The number of fused-ring (bicyclic) bond motifs is 8. The molecule has 0 amide bonds. The lowest BCUT2D eigenvalue weighted by atomic mass is 9.98. The second-order valence-corrected chi connectivity index (χ2v) is 12.6. The second-order valence-electron chi connectivity index (χ2n) is 12.6. The molecule has 0 spiro atoms. The van der Waals surface area contributed by atoms with Crippen LogP contribution < -0.4 is 4.90 Å². The van der Waals surface area contributed by atoms with Gasteiger partial charge >= 0.3 is 0 Å². The van der Waals surface area contributed by atoms with E-state index in [-0.39, 0.29) is 0 Å². The number of hydrogen-bond acceptors (Lipinski definition) is 3. The largest absolute Gasteiger partial charge is 0.456 e. The summed E-state index contributed by atoms with van der Waals surface area (Å²) in [4.78, 5) is 2.31. The Hall–Kier alpha value is -6.58. The van der Waals surface area contributed by atoms with Gasteiger partial charge in [0.25, 0.3) is 0 Å². The van der Waals surface area contributed by atoms with E-state index >= 15 is 0 Å². The number of anilines is 3. The second kappa shape index (κ2) is 11.0. The molecule has 10 rings (SSSR count). The molecule has 0 aliphatic carbocycles. The highest BCUT2D eigenvalue weighted by atomic mass is 16.3. The minimum atomic E-state index is 0.871. The lowest BCUT2D eigenvalue weighted by Gasteiger charge is -2.26. The molecule has 3 heteroatoms. The molecule has 0 saturated carbocycles. The molecule has 0 unspecified atom stereocenters. The number of nitrogens with zero attached hydrogens (tertiary/aromatic N) is 1. The SMILES string of the molecule is c1ccc(-c2cccc(N(c3ccc(-c4ccc5c(ccc6oc7ccccc7c65)c4)cc3)c3ccc4c(c3)oc3ccccc34)c2)cc1. The van der Waals surface area contributed by atoms with Crippen molar-refractivity contribution in [3.63, 3.8) is 0 Å². The van der Waals surface area contributed by atoms with Gasteiger partial charge in [0.1, 0.15) is 22.3 Å². The molecule has 0 aliphatic heterocycles. The predicted octanol–water partition coefficient (Wildman–Crippen LogP) is 13.4. The summed E-state index contributed by atoms with van der Waals surface area (Å²) in [5.74, 6) is 0. The number of hydrogen-bond donors (Lipinski definition) is 0. The van der Waals surface area contributed by atoms with E-state index in [1.54, 1.807) is 0 Å². The molecule has 0 fully saturated rings. The van der Waals surface area contributed by atoms with Crippen LogP contribution in [0.2, 0.25) is 0 Å². The molecule has 49 heavy (non-hydrogen) atoms. The first kappa shape index (κ1) is 27.5. The highest BCUT2D eigenvalue weighted by molar-refractivity contribution is 6.19. The molecule has 0 saturated heterocycles. The quantitative estimate of drug-likeness (QED) is 0.190. The van der Waals surface area contributed by atoms with E-state index in [1.165, 1.54) is 32.8 Å². The van der Waals surface area contributed by atoms with Crippen LogP contribution >= 0.6 is 0 Å². The Morgan fingerprint density at radius 1 is 0.306 bits per heavy atom. The zero-order valence-electron chi connectivity index (χ0n) is 26.5. The molecule has 2 heterocycles. The third-order valence-corrected chi connectivity index (χ3v) is 9.65. The van der Waals surface area contributed by atoms with Crippen LogP contribution in [0.4, 0.5) is 17.1 Å². The van der Waals surface area contributed by atoms with Crippen LogP contribution in [0.1, 0.15) is 0 Å². The van der Waals surface area contributed by atoms with E-state index in [1.807, 2.05) is 24.3 Å². The minimum Gasteiger partial charge on any atom is -0.456 e. The fourth-order valence-corrected chi connectivity index (χ4v) is 7.29. The van der Waals surface area contributed by atoms with Crippen molar-refractivity contribution in [1.82, 2.24) is 0 Å². The number of para-hydroxylation sites is 2. The molecule has 0 N–H and O–H groups in total. The molecular weight excluding hydrogens is 599 g/mol. The third-order valence-electron chi connectivity index (χ3n) is 9.65. The van der Waals surface area contributed by atoms with Gasteiger partial charge in [0.2, 0.25) is 0 Å². The van der Waals surface area contributed by atoms with Gasteiger partial charge in [-0.1, -0.05) is 109 Å². The van der Waals surface area contributed by atoms with Gasteiger partial charge in [-0.05, 0) is 93.7 Å². The van der Waals surface area contributed by atoms with Crippen molar-refractivity contribution in [3.8, 4) is 22.3 Å². The molecule has 0 bridgehead atoms. The van der Waals surface area contributed by atoms with Gasteiger partial charge in [-0.3, -0.25) is 0 Å². The van der Waals surface area contributed by atoms with E-state index in [4.69, 9.17) is 8.83 Å². The van der Waals surface area contributed by atoms with Crippen LogP contribution in [0, 0.1) is 0 Å². The van der Waals surface area contributed by atoms with Gasteiger partial charge in [-0.15, -0.1) is 0 Å². The van der Waals surface area contributed by atoms with E-state index < -0.39 is 0 Å². The molecule has 2 aromatic heterocycles. The van der Waals surface area contributed by atoms with Crippen molar-refractivity contribution < 1.29 is 8.83 Å². The maximum Gasteiger partial charge on any atom is 0.137 e. The summed E-state index contributed by atoms with van der Waals surface area (Å²) < 4.78 is 12.5. The van der Waals surface area contributed by atoms with E-state index in [9.17, 15) is 0 Å². The van der Waals surface area contributed by atoms with Gasteiger partial charge < -0.3 is 13.7 Å². The van der Waals surface area contributed by atoms with Crippen LogP contribution in [-0.2, 0) is 0 Å². The van der Waals surface area contributed by atoms with E-state index in [0.29, 0.717) is 0 Å². The van der Waals surface area contributed by atoms with E-state index in [0.717, 1.165) is 61.1 Å². The normalized spacial score (nSPS) is 11.7. The molecule has 10 aromatic rings. The lowest BCUT2D eigenvalue weighted by molar-refractivity contribution is 0.668. The Kier molecular flexibility index (Phi) is 6.18. The fraction of sp³-hybridized carbons (Fsp3) is 0. The fourth-order valence-electron chi connectivity index (χ4n) is 7.29. The van der Waals surface area contributed by atoms with Crippen molar-refractivity contribution in [1.29, 1.82) is 0 Å². The van der Waals surface area contributed by atoms with Gasteiger partial charge in [0.15, 0.2) is 0 Å². The van der Waals surface area contributed by atoms with Gasteiger partial charge in [-0.25, -0.2) is 0 Å². The van der Waals surface area contributed by atoms with Crippen LogP contribution in [0.5, 0.6) is 0 Å². The first-order valence-electron chi connectivity index (χ1n) is 16.6. The number of benzene rings is 8. The minimum absolute atomic E-state index is 0.871. The van der Waals surface area contributed by atoms with Crippen molar-refractivity contribution >= 4 is 71.7 Å². The van der Waals surface area contributed by atoms with Crippen molar-refractivity contribution in [2.24, 2.45) is 0 Å². The topological polar surface area (TPSA) is 29.5 Å². The predicted molar refractivity (Wildman–Crippen MR) is 204 cm³/mol. The first-order chi connectivity index (χ1) is 24.3. The van der Waals surface area contributed by atoms with Crippen LogP contribution in [0.25, 0.3) is 76.9 Å². The highest BCUT2D eigenvalue weighted by Gasteiger charge is 2.17. The summed E-state index contributed by atoms with van der Waals surface area (Å²) in [7, 11) is 0. The maximum absolute atomic E-state index is 6.33. The Morgan fingerprint density at radius 3 is 1.76 bits per heavy atom. The van der Waals surface area contributed by atoms with Crippen molar-refractivity contribution in [2.45, 2.75) is 0 Å². The van der Waals surface area contributed by atoms with Crippen LogP contribution in [0.3, 0.4) is 0 Å². The number of rotatable bonds is 5. The van der Waals surface area contributed by atoms with Crippen molar-refractivity contribution in [3.05, 3.63) is 176 Å². The monoisotopic (exact) mass is 627 g/mol. The summed E-state index contributed by atoms with van der Waals surface area (Å²) >= 11 is 0. The molecule has 3 nitrogen and oxygen atoms in total. The van der Waals surface area contributed by atoms with Crippen LogP contribution in [0.15, 0.2) is 185 Å². The molecule has 230 valence electrons. The highest BCUT2D eigenvalue weighted by Crippen LogP contribution is 2.41. The molecule has 8 aromatic carbocycles. The first-order valence-corrected chi connectivity index (χ1v) is 16.6.